The molecule has 0 unspecified atom stereocenters. The predicted octanol–water partition coefficient (Wildman–Crippen LogP) is 1.71. The summed E-state index contributed by atoms with van der Waals surface area (Å²) in [6.45, 7) is 7.47. The van der Waals surface area contributed by atoms with Crippen LogP contribution in [0.3, 0.4) is 0 Å². The quantitative estimate of drug-likeness (QED) is 0.528. The van der Waals surface area contributed by atoms with E-state index in [9.17, 15) is 0 Å². The van der Waals surface area contributed by atoms with E-state index >= 15 is 0 Å². The minimum atomic E-state index is 0.779. The number of hydrogen-bond donors (Lipinski definition) is 0. The Balaban J connectivity index is 3.30. The highest BCUT2D eigenvalue weighted by molar-refractivity contribution is 4.48. The number of hydrogen-bond acceptors (Lipinski definition) is 2. The van der Waals surface area contributed by atoms with E-state index < -0.39 is 0 Å². The molecule has 62 valence electrons. The van der Waals surface area contributed by atoms with Gasteiger partial charge in [-0.2, -0.15) is 0 Å². The lowest BCUT2D eigenvalue weighted by Crippen LogP contribution is -2.27. The maximum Gasteiger partial charge on any atom is 0.0986 e. The smallest absolute Gasteiger partial charge is 0.0986 e. The van der Waals surface area contributed by atoms with Crippen molar-refractivity contribution >= 4 is 0 Å². The van der Waals surface area contributed by atoms with Crippen molar-refractivity contribution in [1.29, 1.82) is 0 Å². The van der Waals surface area contributed by atoms with Gasteiger partial charge in [-0.15, -0.1) is 0 Å². The molecule has 0 amide bonds. The van der Waals surface area contributed by atoms with E-state index in [4.69, 9.17) is 4.74 Å². The second-order valence-corrected chi connectivity index (χ2v) is 2.54. The summed E-state index contributed by atoms with van der Waals surface area (Å²) in [5, 5.41) is 0. The van der Waals surface area contributed by atoms with Crippen molar-refractivity contribution in [3.05, 3.63) is 0 Å². The standard InChI is InChI=1S/C8H19NO/c1-4-6-9(7-5-2)8-10-3/h4-8H2,1-3H3. The van der Waals surface area contributed by atoms with Crippen LogP contribution in [0.1, 0.15) is 26.7 Å². The number of nitrogens with zero attached hydrogens (tertiary/aromatic N) is 1. The average molecular weight is 145 g/mol. The molecule has 0 saturated carbocycles. The minimum Gasteiger partial charge on any atom is -0.369 e. The van der Waals surface area contributed by atoms with Crippen LogP contribution >= 0.6 is 0 Å². The first-order valence-electron chi connectivity index (χ1n) is 4.06. The van der Waals surface area contributed by atoms with Gasteiger partial charge in [-0.3, -0.25) is 4.90 Å². The molecular formula is C8H19NO. The van der Waals surface area contributed by atoms with Crippen LogP contribution in [0.25, 0.3) is 0 Å². The highest BCUT2D eigenvalue weighted by atomic mass is 16.5. The number of rotatable bonds is 6. The second kappa shape index (κ2) is 7.03. The van der Waals surface area contributed by atoms with Gasteiger partial charge < -0.3 is 4.74 Å². The maximum absolute atomic E-state index is 5.04. The summed E-state index contributed by atoms with van der Waals surface area (Å²) in [6.07, 6.45) is 2.42. The summed E-state index contributed by atoms with van der Waals surface area (Å²) in [7, 11) is 1.75. The molecule has 0 N–H and O–H groups in total. The van der Waals surface area contributed by atoms with Gasteiger partial charge in [0.15, 0.2) is 0 Å². The van der Waals surface area contributed by atoms with Crippen LogP contribution in [-0.4, -0.2) is 31.8 Å². The van der Waals surface area contributed by atoms with E-state index in [1.54, 1.807) is 7.11 Å². The van der Waals surface area contributed by atoms with E-state index in [0.29, 0.717) is 0 Å². The Bertz CT molecular complexity index is 52.0. The van der Waals surface area contributed by atoms with Crippen molar-refractivity contribution in [2.24, 2.45) is 0 Å². The first-order valence-corrected chi connectivity index (χ1v) is 4.06. The molecule has 0 rings (SSSR count). The lowest BCUT2D eigenvalue weighted by molar-refractivity contribution is 0.0633. The molecule has 0 atom stereocenters. The Hall–Kier alpha value is -0.0800. The summed E-state index contributed by atoms with van der Waals surface area (Å²) >= 11 is 0. The van der Waals surface area contributed by atoms with E-state index in [1.165, 1.54) is 12.8 Å². The Morgan fingerprint density at radius 2 is 1.60 bits per heavy atom. The van der Waals surface area contributed by atoms with Gasteiger partial charge in [0, 0.05) is 20.2 Å². The Labute approximate surface area is 64.2 Å². The van der Waals surface area contributed by atoms with Crippen LogP contribution in [0, 0.1) is 0 Å². The fraction of sp³-hybridized carbons (Fsp3) is 1.00. The van der Waals surface area contributed by atoms with Crippen LogP contribution in [0.2, 0.25) is 0 Å². The zero-order valence-corrected chi connectivity index (χ0v) is 7.39. The van der Waals surface area contributed by atoms with Crippen LogP contribution < -0.4 is 0 Å². The van der Waals surface area contributed by atoms with E-state index in [0.717, 1.165) is 19.8 Å². The number of ether oxygens (including phenoxy) is 1. The van der Waals surface area contributed by atoms with Crippen molar-refractivity contribution in [3.8, 4) is 0 Å². The Morgan fingerprint density at radius 3 is 1.90 bits per heavy atom. The third-order valence-corrected chi connectivity index (χ3v) is 1.39. The van der Waals surface area contributed by atoms with Gasteiger partial charge >= 0.3 is 0 Å². The summed E-state index contributed by atoms with van der Waals surface area (Å²) in [4.78, 5) is 2.32. The normalized spacial score (nSPS) is 10.8. The SMILES string of the molecule is CCCN(CCC)COC. The van der Waals surface area contributed by atoms with Gasteiger partial charge in [-0.25, -0.2) is 0 Å². The van der Waals surface area contributed by atoms with Crippen molar-refractivity contribution in [1.82, 2.24) is 4.90 Å². The number of methoxy groups -OCH3 is 1. The van der Waals surface area contributed by atoms with Gasteiger partial charge in [0.2, 0.25) is 0 Å². The zero-order valence-electron chi connectivity index (χ0n) is 7.39. The van der Waals surface area contributed by atoms with Crippen LogP contribution in [0.5, 0.6) is 0 Å². The zero-order chi connectivity index (χ0) is 7.82. The van der Waals surface area contributed by atoms with Crippen molar-refractivity contribution in [2.75, 3.05) is 26.9 Å². The van der Waals surface area contributed by atoms with Gasteiger partial charge in [0.1, 0.15) is 0 Å². The molecule has 0 aliphatic rings. The molecule has 0 bridgehead atoms. The third-order valence-electron chi connectivity index (χ3n) is 1.39. The molecule has 0 spiro atoms. The first kappa shape index (κ1) is 9.92. The summed E-state index contributed by atoms with van der Waals surface area (Å²) in [6, 6.07) is 0. The minimum absolute atomic E-state index is 0.779. The molecule has 2 heteroatoms. The van der Waals surface area contributed by atoms with E-state index in [2.05, 4.69) is 18.7 Å². The molecule has 0 aliphatic heterocycles. The molecule has 0 saturated heterocycles. The molecule has 2 nitrogen and oxygen atoms in total. The third kappa shape index (κ3) is 4.77. The lowest BCUT2D eigenvalue weighted by atomic mass is 10.4. The van der Waals surface area contributed by atoms with Crippen LogP contribution in [0.15, 0.2) is 0 Å². The fourth-order valence-corrected chi connectivity index (χ4v) is 1.06. The maximum atomic E-state index is 5.04. The molecule has 0 aromatic carbocycles. The van der Waals surface area contributed by atoms with Crippen molar-refractivity contribution in [3.63, 3.8) is 0 Å². The van der Waals surface area contributed by atoms with Gasteiger partial charge in [-0.05, 0) is 12.8 Å². The Morgan fingerprint density at radius 1 is 1.10 bits per heavy atom. The van der Waals surface area contributed by atoms with Crippen LogP contribution in [0.4, 0.5) is 0 Å². The summed E-state index contributed by atoms with van der Waals surface area (Å²) in [5.74, 6) is 0. The van der Waals surface area contributed by atoms with Gasteiger partial charge in [0.05, 0.1) is 6.73 Å². The average Bonchev–Trinajstić information content (AvgIpc) is 1.90. The van der Waals surface area contributed by atoms with Crippen molar-refractivity contribution in [2.45, 2.75) is 26.7 Å². The molecule has 0 aromatic rings. The summed E-state index contributed by atoms with van der Waals surface area (Å²) < 4.78 is 5.04. The highest BCUT2D eigenvalue weighted by Gasteiger charge is 1.98. The van der Waals surface area contributed by atoms with Gasteiger partial charge in [0.25, 0.3) is 0 Å². The highest BCUT2D eigenvalue weighted by Crippen LogP contribution is 1.92. The largest absolute Gasteiger partial charge is 0.369 e. The van der Waals surface area contributed by atoms with Crippen molar-refractivity contribution < 1.29 is 4.74 Å². The molecule has 0 heterocycles. The summed E-state index contributed by atoms with van der Waals surface area (Å²) in [5.41, 5.74) is 0. The van der Waals surface area contributed by atoms with E-state index in [-0.39, 0.29) is 0 Å². The molecule has 0 radical (unpaired) electrons. The molecule has 0 fully saturated rings. The molecule has 10 heavy (non-hydrogen) atoms. The predicted molar refractivity (Wildman–Crippen MR) is 44.0 cm³/mol. The molecule has 0 aliphatic carbocycles. The first-order chi connectivity index (χ1) is 4.85. The molecular weight excluding hydrogens is 126 g/mol. The Kier molecular flexibility index (Phi) is 6.98. The van der Waals surface area contributed by atoms with Gasteiger partial charge in [-0.1, -0.05) is 13.8 Å². The fourth-order valence-electron chi connectivity index (χ4n) is 1.06. The monoisotopic (exact) mass is 145 g/mol. The topological polar surface area (TPSA) is 12.5 Å². The molecule has 0 aromatic heterocycles. The van der Waals surface area contributed by atoms with Crippen LogP contribution in [-0.2, 0) is 4.74 Å². The lowest BCUT2D eigenvalue weighted by Gasteiger charge is -2.18. The second-order valence-electron chi connectivity index (χ2n) is 2.54. The van der Waals surface area contributed by atoms with E-state index in [1.807, 2.05) is 0 Å².